The highest BCUT2D eigenvalue weighted by molar-refractivity contribution is 6.31. The first kappa shape index (κ1) is 24.1. The van der Waals surface area contributed by atoms with Crippen LogP contribution in [0.1, 0.15) is 38.3 Å². The first-order valence-corrected chi connectivity index (χ1v) is 11.4. The fourth-order valence-corrected chi connectivity index (χ4v) is 4.40. The van der Waals surface area contributed by atoms with Crippen molar-refractivity contribution < 1.29 is 19.1 Å². The van der Waals surface area contributed by atoms with E-state index in [1.54, 1.807) is 32.2 Å². The minimum absolute atomic E-state index is 0.145. The second kappa shape index (κ2) is 10.8. The van der Waals surface area contributed by atoms with Gasteiger partial charge in [0.2, 0.25) is 5.91 Å². The molecule has 9 heteroatoms. The van der Waals surface area contributed by atoms with E-state index in [0.29, 0.717) is 54.5 Å². The Morgan fingerprint density at radius 3 is 2.59 bits per heavy atom. The minimum Gasteiger partial charge on any atom is -0.463 e. The molecule has 0 unspecified atom stereocenters. The fraction of sp³-hybridized carbons (Fsp3) is 0.522. The van der Waals surface area contributed by atoms with Crippen molar-refractivity contribution in [2.75, 3.05) is 46.4 Å². The van der Waals surface area contributed by atoms with Gasteiger partial charge in [0.1, 0.15) is 0 Å². The summed E-state index contributed by atoms with van der Waals surface area (Å²) in [4.78, 5) is 43.6. The number of rotatable bonds is 6. The maximum Gasteiger partial charge on any atom is 0.338 e. The van der Waals surface area contributed by atoms with Crippen LogP contribution in [0.25, 0.3) is 0 Å². The zero-order chi connectivity index (χ0) is 23.3. The minimum atomic E-state index is -0.702. The van der Waals surface area contributed by atoms with Crippen molar-refractivity contribution in [3.63, 3.8) is 0 Å². The molecule has 1 aromatic carbocycles. The number of likely N-dealkylation sites (N-methyl/N-ethyl adjacent to an activating group) is 1. The summed E-state index contributed by atoms with van der Waals surface area (Å²) in [5, 5.41) is 3.36. The molecular formula is C23H31ClN4O4. The number of esters is 1. The molecular weight excluding hydrogens is 432 g/mol. The normalized spacial score (nSPS) is 20.1. The number of ether oxygens (including phenoxy) is 1. The number of hydrogen-bond acceptors (Lipinski definition) is 5. The zero-order valence-electron chi connectivity index (χ0n) is 18.9. The average Bonchev–Trinajstić information content (AvgIpc) is 3.02. The van der Waals surface area contributed by atoms with Crippen LogP contribution in [0.3, 0.4) is 0 Å². The SMILES string of the molecule is CCOC(=O)C1=C(CN2CCCN(C(=O)CC)CC2)N(C)C(=O)N[C@H]1c1ccccc1Cl. The summed E-state index contributed by atoms with van der Waals surface area (Å²) in [7, 11) is 1.65. The standard InChI is InChI=1S/C23H31ClN4O4/c1-4-19(29)28-12-8-11-27(13-14-28)15-18-20(22(30)32-5-2)21(25-23(31)26(18)3)16-9-6-7-10-17(16)24/h6-7,9-10,21H,4-5,8,11-15H2,1-3H3,(H,25,31)/t21-/m0/s1. The van der Waals surface area contributed by atoms with Gasteiger partial charge in [-0.2, -0.15) is 0 Å². The van der Waals surface area contributed by atoms with Crippen LogP contribution < -0.4 is 5.32 Å². The Hall–Kier alpha value is -2.58. The summed E-state index contributed by atoms with van der Waals surface area (Å²) in [6, 6.07) is 6.15. The van der Waals surface area contributed by atoms with Gasteiger partial charge in [-0.15, -0.1) is 0 Å². The average molecular weight is 463 g/mol. The van der Waals surface area contributed by atoms with Crippen LogP contribution in [0.4, 0.5) is 4.79 Å². The molecule has 0 bridgehead atoms. The van der Waals surface area contributed by atoms with Crippen LogP contribution in [-0.4, -0.2) is 79.0 Å². The van der Waals surface area contributed by atoms with Gasteiger partial charge >= 0.3 is 12.0 Å². The number of nitrogens with one attached hydrogen (secondary N) is 1. The molecule has 0 spiro atoms. The molecule has 0 saturated carbocycles. The first-order chi connectivity index (χ1) is 15.4. The summed E-state index contributed by atoms with van der Waals surface area (Å²) in [6.07, 6.45) is 1.32. The van der Waals surface area contributed by atoms with Crippen molar-refractivity contribution in [2.45, 2.75) is 32.7 Å². The van der Waals surface area contributed by atoms with Crippen LogP contribution in [0.2, 0.25) is 5.02 Å². The summed E-state index contributed by atoms with van der Waals surface area (Å²) in [5.41, 5.74) is 1.62. The third-order valence-corrected chi connectivity index (χ3v) is 6.25. The lowest BCUT2D eigenvalue weighted by Gasteiger charge is -2.36. The lowest BCUT2D eigenvalue weighted by atomic mass is 9.94. The second-order valence-electron chi connectivity index (χ2n) is 7.91. The lowest BCUT2D eigenvalue weighted by Crippen LogP contribution is -2.49. The number of urea groups is 1. The Kier molecular flexibility index (Phi) is 8.15. The Morgan fingerprint density at radius 2 is 1.91 bits per heavy atom. The van der Waals surface area contributed by atoms with E-state index >= 15 is 0 Å². The third kappa shape index (κ3) is 5.24. The smallest absolute Gasteiger partial charge is 0.338 e. The van der Waals surface area contributed by atoms with E-state index in [4.69, 9.17) is 16.3 Å². The molecule has 1 fully saturated rings. The highest BCUT2D eigenvalue weighted by Crippen LogP contribution is 2.34. The molecule has 0 radical (unpaired) electrons. The van der Waals surface area contributed by atoms with Gasteiger partial charge in [-0.1, -0.05) is 36.7 Å². The number of carbonyl (C=O) groups excluding carboxylic acids is 3. The van der Waals surface area contributed by atoms with E-state index in [9.17, 15) is 14.4 Å². The maximum absolute atomic E-state index is 13.1. The molecule has 174 valence electrons. The zero-order valence-corrected chi connectivity index (χ0v) is 19.7. The van der Waals surface area contributed by atoms with Crippen LogP contribution in [-0.2, 0) is 14.3 Å². The molecule has 3 rings (SSSR count). The van der Waals surface area contributed by atoms with Gasteiger partial charge in [0.15, 0.2) is 0 Å². The fourth-order valence-electron chi connectivity index (χ4n) is 4.15. The van der Waals surface area contributed by atoms with Gasteiger partial charge in [0.25, 0.3) is 0 Å². The molecule has 1 atom stereocenters. The number of halogens is 1. The molecule has 2 aliphatic rings. The summed E-state index contributed by atoms with van der Waals surface area (Å²) in [5.74, 6) is -0.330. The molecule has 32 heavy (non-hydrogen) atoms. The first-order valence-electron chi connectivity index (χ1n) is 11.1. The monoisotopic (exact) mass is 462 g/mol. The molecule has 1 N–H and O–H groups in total. The van der Waals surface area contributed by atoms with Crippen molar-refractivity contribution in [3.05, 3.63) is 46.1 Å². The molecule has 8 nitrogen and oxygen atoms in total. The predicted molar refractivity (Wildman–Crippen MR) is 122 cm³/mol. The molecule has 0 aromatic heterocycles. The van der Waals surface area contributed by atoms with E-state index in [0.717, 1.165) is 13.0 Å². The van der Waals surface area contributed by atoms with E-state index in [1.165, 1.54) is 4.90 Å². The number of benzene rings is 1. The number of amides is 3. The molecule has 2 aliphatic heterocycles. The largest absolute Gasteiger partial charge is 0.463 e. The van der Waals surface area contributed by atoms with E-state index in [2.05, 4.69) is 10.2 Å². The quantitative estimate of drug-likeness (QED) is 0.657. The van der Waals surface area contributed by atoms with E-state index in [-0.39, 0.29) is 18.5 Å². The van der Waals surface area contributed by atoms with Crippen molar-refractivity contribution in [1.82, 2.24) is 20.0 Å². The molecule has 2 heterocycles. The Balaban J connectivity index is 1.96. The topological polar surface area (TPSA) is 82.2 Å². The van der Waals surface area contributed by atoms with Gasteiger partial charge in [0.05, 0.1) is 18.2 Å². The van der Waals surface area contributed by atoms with Crippen LogP contribution >= 0.6 is 11.6 Å². The summed E-state index contributed by atoms with van der Waals surface area (Å²) >= 11 is 6.42. The van der Waals surface area contributed by atoms with Gasteiger partial charge in [-0.05, 0) is 25.0 Å². The number of nitrogens with zero attached hydrogens (tertiary/aromatic N) is 3. The van der Waals surface area contributed by atoms with Gasteiger partial charge in [-0.3, -0.25) is 14.6 Å². The van der Waals surface area contributed by atoms with Crippen LogP contribution in [0, 0.1) is 0 Å². The molecule has 1 aromatic rings. The maximum atomic E-state index is 13.1. The number of hydrogen-bond donors (Lipinski definition) is 1. The Labute approximate surface area is 194 Å². The van der Waals surface area contributed by atoms with Gasteiger partial charge in [-0.25, -0.2) is 9.59 Å². The highest BCUT2D eigenvalue weighted by atomic mass is 35.5. The van der Waals surface area contributed by atoms with E-state index in [1.807, 2.05) is 17.9 Å². The van der Waals surface area contributed by atoms with Gasteiger partial charge in [0, 0.05) is 56.9 Å². The molecule has 1 saturated heterocycles. The van der Waals surface area contributed by atoms with Crippen molar-refractivity contribution in [3.8, 4) is 0 Å². The second-order valence-corrected chi connectivity index (χ2v) is 8.32. The molecule has 3 amide bonds. The summed E-state index contributed by atoms with van der Waals surface area (Å²) < 4.78 is 5.37. The van der Waals surface area contributed by atoms with Crippen molar-refractivity contribution in [1.29, 1.82) is 0 Å². The number of carbonyl (C=O) groups is 3. The van der Waals surface area contributed by atoms with Crippen molar-refractivity contribution >= 4 is 29.5 Å². The summed E-state index contributed by atoms with van der Waals surface area (Å²) in [6.45, 7) is 7.00. The van der Waals surface area contributed by atoms with Crippen LogP contribution in [0.15, 0.2) is 35.5 Å². The lowest BCUT2D eigenvalue weighted by molar-refractivity contribution is -0.139. The predicted octanol–water partition coefficient (Wildman–Crippen LogP) is 2.80. The van der Waals surface area contributed by atoms with Gasteiger partial charge < -0.3 is 15.0 Å². The van der Waals surface area contributed by atoms with E-state index < -0.39 is 12.0 Å². The van der Waals surface area contributed by atoms with Crippen LogP contribution in [0.5, 0.6) is 0 Å². The Bertz CT molecular complexity index is 904. The highest BCUT2D eigenvalue weighted by Gasteiger charge is 2.38. The third-order valence-electron chi connectivity index (χ3n) is 5.91. The Morgan fingerprint density at radius 1 is 1.16 bits per heavy atom. The molecule has 0 aliphatic carbocycles. The van der Waals surface area contributed by atoms with Crippen molar-refractivity contribution in [2.24, 2.45) is 0 Å².